The molecule has 0 heterocycles. The van der Waals surface area contributed by atoms with Crippen molar-refractivity contribution in [2.24, 2.45) is 0 Å². The van der Waals surface area contributed by atoms with Crippen LogP contribution in [0.3, 0.4) is 0 Å². The van der Waals surface area contributed by atoms with Gasteiger partial charge in [-0.05, 0) is 18.6 Å². The first-order chi connectivity index (χ1) is 9.21. The van der Waals surface area contributed by atoms with Crippen molar-refractivity contribution < 1.29 is 23.8 Å². The number of carbonyl (C=O) groups excluding carboxylic acids is 2. The molecule has 1 rings (SSSR count). The Morgan fingerprint density at radius 2 is 2.16 bits per heavy atom. The Kier molecular flexibility index (Phi) is 6.43. The molecule has 0 unspecified atom stereocenters. The van der Waals surface area contributed by atoms with Crippen molar-refractivity contribution in [3.63, 3.8) is 0 Å². The minimum atomic E-state index is -0.451. The third-order valence-corrected chi connectivity index (χ3v) is 2.45. The fourth-order valence-corrected chi connectivity index (χ4v) is 1.37. The van der Waals surface area contributed by atoms with Gasteiger partial charge in [-0.25, -0.2) is 4.79 Å². The molecule has 0 radical (unpaired) electrons. The molecule has 0 atom stereocenters. The summed E-state index contributed by atoms with van der Waals surface area (Å²) in [7, 11) is 1.51. The Balaban J connectivity index is 2.55. The predicted molar refractivity (Wildman–Crippen MR) is 69.7 cm³/mol. The molecule has 0 N–H and O–H groups in total. The summed E-state index contributed by atoms with van der Waals surface area (Å²) in [5, 5.41) is 0. The van der Waals surface area contributed by atoms with Crippen LogP contribution in [0.5, 0.6) is 11.5 Å². The van der Waals surface area contributed by atoms with Gasteiger partial charge in [0.15, 0.2) is 12.9 Å². The maximum absolute atomic E-state index is 11.4. The lowest BCUT2D eigenvalue weighted by atomic mass is 10.2. The normalized spacial score (nSPS) is 9.79. The second-order valence-electron chi connectivity index (χ2n) is 3.88. The Bertz CT molecular complexity index is 428. The second kappa shape index (κ2) is 8.13. The molecule has 0 fully saturated rings. The van der Waals surface area contributed by atoms with Gasteiger partial charge in [0.2, 0.25) is 0 Å². The van der Waals surface area contributed by atoms with Crippen LogP contribution in [0.4, 0.5) is 0 Å². The van der Waals surface area contributed by atoms with Crippen molar-refractivity contribution in [2.45, 2.75) is 19.8 Å². The summed E-state index contributed by atoms with van der Waals surface area (Å²) in [4.78, 5) is 22.2. The molecule has 0 aliphatic rings. The van der Waals surface area contributed by atoms with Crippen molar-refractivity contribution in [1.82, 2.24) is 0 Å². The third kappa shape index (κ3) is 4.99. The van der Waals surface area contributed by atoms with Crippen molar-refractivity contribution in [3.05, 3.63) is 23.8 Å². The fraction of sp³-hybridized carbons (Fsp3) is 0.429. The van der Waals surface area contributed by atoms with Gasteiger partial charge in [0, 0.05) is 6.07 Å². The van der Waals surface area contributed by atoms with E-state index >= 15 is 0 Å². The number of benzene rings is 1. The minimum Gasteiger partial charge on any atom is -0.497 e. The molecule has 0 aromatic heterocycles. The summed E-state index contributed by atoms with van der Waals surface area (Å²) in [6.45, 7) is 2.17. The van der Waals surface area contributed by atoms with E-state index in [-0.39, 0.29) is 6.61 Å². The number of esters is 1. The number of hydrogen-bond donors (Lipinski definition) is 0. The van der Waals surface area contributed by atoms with Crippen LogP contribution in [0.2, 0.25) is 0 Å². The summed E-state index contributed by atoms with van der Waals surface area (Å²) in [6.07, 6.45) is 2.45. The molecule has 1 aromatic rings. The van der Waals surface area contributed by atoms with E-state index in [4.69, 9.17) is 14.2 Å². The zero-order valence-electron chi connectivity index (χ0n) is 11.2. The highest BCUT2D eigenvalue weighted by molar-refractivity contribution is 5.80. The first-order valence-electron chi connectivity index (χ1n) is 6.13. The lowest BCUT2D eigenvalue weighted by molar-refractivity contribution is -0.146. The summed E-state index contributed by atoms with van der Waals surface area (Å²) in [6, 6.07) is 4.78. The predicted octanol–water partition coefficient (Wildman–Crippen LogP) is 2.23. The van der Waals surface area contributed by atoms with Gasteiger partial charge in [-0.15, -0.1) is 0 Å². The van der Waals surface area contributed by atoms with Gasteiger partial charge in [0.1, 0.15) is 11.5 Å². The zero-order chi connectivity index (χ0) is 14.1. The largest absolute Gasteiger partial charge is 0.497 e. The summed E-state index contributed by atoms with van der Waals surface area (Å²) >= 11 is 0. The second-order valence-corrected chi connectivity index (χ2v) is 3.88. The van der Waals surface area contributed by atoms with Crippen LogP contribution in [0, 0.1) is 0 Å². The first kappa shape index (κ1) is 15.0. The first-order valence-corrected chi connectivity index (χ1v) is 6.13. The molecule has 0 amide bonds. The van der Waals surface area contributed by atoms with E-state index in [1.54, 1.807) is 18.2 Å². The molecule has 1 aromatic carbocycles. The van der Waals surface area contributed by atoms with E-state index in [2.05, 4.69) is 0 Å². The van der Waals surface area contributed by atoms with Crippen LogP contribution < -0.4 is 9.47 Å². The quantitative estimate of drug-likeness (QED) is 0.410. The Hall–Kier alpha value is -2.04. The van der Waals surface area contributed by atoms with Gasteiger partial charge < -0.3 is 14.2 Å². The fourth-order valence-electron chi connectivity index (χ4n) is 1.37. The number of hydrogen-bond acceptors (Lipinski definition) is 5. The molecule has 104 valence electrons. The topological polar surface area (TPSA) is 61.8 Å². The molecule has 0 saturated carbocycles. The van der Waals surface area contributed by atoms with Crippen LogP contribution in [-0.4, -0.2) is 32.6 Å². The smallest absolute Gasteiger partial charge is 0.344 e. The number of aldehydes is 1. The summed E-state index contributed by atoms with van der Waals surface area (Å²) < 4.78 is 15.3. The average molecular weight is 266 g/mol. The van der Waals surface area contributed by atoms with E-state index in [9.17, 15) is 9.59 Å². The van der Waals surface area contributed by atoms with Gasteiger partial charge >= 0.3 is 5.97 Å². The number of methoxy groups -OCH3 is 1. The van der Waals surface area contributed by atoms with Crippen molar-refractivity contribution in [2.75, 3.05) is 20.3 Å². The highest BCUT2D eigenvalue weighted by Crippen LogP contribution is 2.23. The minimum absolute atomic E-state index is 0.224. The molecular formula is C14H18O5. The molecule has 0 aliphatic carbocycles. The van der Waals surface area contributed by atoms with Crippen LogP contribution in [0.1, 0.15) is 30.1 Å². The number of carbonyl (C=O) groups is 2. The third-order valence-electron chi connectivity index (χ3n) is 2.45. The maximum atomic E-state index is 11.4. The molecule has 0 aliphatic heterocycles. The van der Waals surface area contributed by atoms with Crippen LogP contribution in [0.15, 0.2) is 18.2 Å². The number of ether oxygens (including phenoxy) is 3. The molecule has 19 heavy (non-hydrogen) atoms. The SMILES string of the molecule is CCCCOC(=O)COc1cc(OC)ccc1C=O. The van der Waals surface area contributed by atoms with Gasteiger partial charge in [-0.2, -0.15) is 0 Å². The van der Waals surface area contributed by atoms with Crippen LogP contribution in [-0.2, 0) is 9.53 Å². The van der Waals surface area contributed by atoms with Gasteiger partial charge in [-0.1, -0.05) is 13.3 Å². The number of rotatable bonds is 8. The van der Waals surface area contributed by atoms with Gasteiger partial charge in [0.05, 0.1) is 19.3 Å². The molecule has 5 heteroatoms. The highest BCUT2D eigenvalue weighted by Gasteiger charge is 2.09. The van der Waals surface area contributed by atoms with Crippen LogP contribution >= 0.6 is 0 Å². The highest BCUT2D eigenvalue weighted by atomic mass is 16.6. The van der Waals surface area contributed by atoms with E-state index in [0.29, 0.717) is 30.0 Å². The zero-order valence-corrected chi connectivity index (χ0v) is 11.2. The Labute approximate surface area is 112 Å². The van der Waals surface area contributed by atoms with Crippen LogP contribution in [0.25, 0.3) is 0 Å². The number of unbranched alkanes of at least 4 members (excludes halogenated alkanes) is 1. The van der Waals surface area contributed by atoms with Gasteiger partial charge in [-0.3, -0.25) is 4.79 Å². The van der Waals surface area contributed by atoms with Crippen molar-refractivity contribution in [3.8, 4) is 11.5 Å². The van der Waals surface area contributed by atoms with Crippen molar-refractivity contribution in [1.29, 1.82) is 0 Å². The Morgan fingerprint density at radius 3 is 2.79 bits per heavy atom. The van der Waals surface area contributed by atoms with E-state index in [0.717, 1.165) is 12.8 Å². The lowest BCUT2D eigenvalue weighted by Crippen LogP contribution is -2.16. The maximum Gasteiger partial charge on any atom is 0.344 e. The molecule has 0 bridgehead atoms. The standard InChI is InChI=1S/C14H18O5/c1-3-4-7-18-14(16)10-19-13-8-12(17-2)6-5-11(13)9-15/h5-6,8-9H,3-4,7,10H2,1-2H3. The molecule has 0 saturated heterocycles. The molecule has 5 nitrogen and oxygen atoms in total. The summed E-state index contributed by atoms with van der Waals surface area (Å²) in [5.41, 5.74) is 0.363. The summed E-state index contributed by atoms with van der Waals surface area (Å²) in [5.74, 6) is 0.412. The van der Waals surface area contributed by atoms with E-state index in [1.165, 1.54) is 7.11 Å². The average Bonchev–Trinajstić information content (AvgIpc) is 2.45. The van der Waals surface area contributed by atoms with Gasteiger partial charge in [0.25, 0.3) is 0 Å². The molecular weight excluding hydrogens is 248 g/mol. The monoisotopic (exact) mass is 266 g/mol. The Morgan fingerprint density at radius 1 is 1.37 bits per heavy atom. The van der Waals surface area contributed by atoms with E-state index in [1.807, 2.05) is 6.92 Å². The van der Waals surface area contributed by atoms with Crippen molar-refractivity contribution >= 4 is 12.3 Å². The van der Waals surface area contributed by atoms with E-state index < -0.39 is 5.97 Å². The lowest BCUT2D eigenvalue weighted by Gasteiger charge is -2.09. The molecule has 0 spiro atoms.